The van der Waals surface area contributed by atoms with Crippen LogP contribution in [0.2, 0.25) is 0 Å². The highest BCUT2D eigenvalue weighted by Crippen LogP contribution is 2.34. The van der Waals surface area contributed by atoms with E-state index in [1.54, 1.807) is 4.90 Å². The van der Waals surface area contributed by atoms with Crippen molar-refractivity contribution in [1.29, 1.82) is 0 Å². The quantitative estimate of drug-likeness (QED) is 0.829. The molecule has 1 unspecified atom stereocenters. The van der Waals surface area contributed by atoms with Crippen LogP contribution >= 0.6 is 0 Å². The number of carbonyl (C=O) groups excluding carboxylic acids is 1. The van der Waals surface area contributed by atoms with Gasteiger partial charge in [-0.05, 0) is 18.4 Å². The number of likely N-dealkylation sites (tertiary alicyclic amines) is 1. The lowest BCUT2D eigenvalue weighted by Crippen LogP contribution is -2.47. The number of alkyl halides is 3. The van der Waals surface area contributed by atoms with E-state index in [-0.39, 0.29) is 11.1 Å². The molecule has 3 rings (SSSR count). The molecular formula is C18H20F3N3O. The van der Waals surface area contributed by atoms with Crippen LogP contribution < -0.4 is 0 Å². The molecule has 134 valence electrons. The molecule has 0 bridgehead atoms. The normalized spacial score (nSPS) is 21.4. The van der Waals surface area contributed by atoms with Crippen LogP contribution in [0.4, 0.5) is 13.2 Å². The molecule has 1 atom stereocenters. The SMILES string of the molecule is Cn1nc(C(F)(F)F)cc1C(=O)N1CCCC(C)(c2ccccc2)C1. The summed E-state index contributed by atoms with van der Waals surface area (Å²) in [5.41, 5.74) is -0.153. The predicted molar refractivity (Wildman–Crippen MR) is 87.1 cm³/mol. The number of hydrogen-bond acceptors (Lipinski definition) is 2. The Kier molecular flexibility index (Phi) is 4.34. The van der Waals surface area contributed by atoms with Gasteiger partial charge in [-0.25, -0.2) is 0 Å². The molecule has 1 fully saturated rings. The molecule has 1 amide bonds. The number of aromatic nitrogens is 2. The average molecular weight is 351 g/mol. The molecule has 7 heteroatoms. The lowest BCUT2D eigenvalue weighted by atomic mass is 9.76. The summed E-state index contributed by atoms with van der Waals surface area (Å²) in [5, 5.41) is 3.44. The first-order valence-electron chi connectivity index (χ1n) is 8.17. The number of halogens is 3. The molecule has 2 heterocycles. The average Bonchev–Trinajstić information content (AvgIpc) is 2.97. The van der Waals surface area contributed by atoms with Crippen molar-refractivity contribution in [1.82, 2.24) is 14.7 Å². The van der Waals surface area contributed by atoms with Crippen molar-refractivity contribution in [3.63, 3.8) is 0 Å². The zero-order valence-corrected chi connectivity index (χ0v) is 14.2. The standard InChI is InChI=1S/C18H20F3N3O/c1-17(13-7-4-3-5-8-13)9-6-10-24(12-17)16(25)14-11-15(18(19,20)21)22-23(14)2/h3-5,7-8,11H,6,9-10,12H2,1-2H3. The summed E-state index contributed by atoms with van der Waals surface area (Å²) in [6, 6.07) is 10.7. The van der Waals surface area contributed by atoms with E-state index in [2.05, 4.69) is 12.0 Å². The van der Waals surface area contributed by atoms with E-state index in [1.165, 1.54) is 7.05 Å². The van der Waals surface area contributed by atoms with Crippen LogP contribution in [0.15, 0.2) is 36.4 Å². The predicted octanol–water partition coefficient (Wildman–Crippen LogP) is 3.63. The molecule has 0 spiro atoms. The van der Waals surface area contributed by atoms with Gasteiger partial charge < -0.3 is 4.90 Å². The first kappa shape index (κ1) is 17.5. The molecule has 0 aliphatic carbocycles. The summed E-state index contributed by atoms with van der Waals surface area (Å²) < 4.78 is 39.5. The second-order valence-electron chi connectivity index (χ2n) is 6.79. The maximum absolute atomic E-state index is 12.8. The van der Waals surface area contributed by atoms with Crippen LogP contribution in [0.3, 0.4) is 0 Å². The summed E-state index contributed by atoms with van der Waals surface area (Å²) in [4.78, 5) is 14.4. The Morgan fingerprint density at radius 1 is 1.24 bits per heavy atom. The number of carbonyl (C=O) groups is 1. The zero-order chi connectivity index (χ0) is 18.2. The molecule has 1 aromatic carbocycles. The Labute approximate surface area is 144 Å². The van der Waals surface area contributed by atoms with Gasteiger partial charge in [0.25, 0.3) is 5.91 Å². The van der Waals surface area contributed by atoms with Crippen molar-refractivity contribution >= 4 is 5.91 Å². The summed E-state index contributed by atoms with van der Waals surface area (Å²) in [5.74, 6) is -0.410. The van der Waals surface area contributed by atoms with Crippen molar-refractivity contribution in [3.8, 4) is 0 Å². The van der Waals surface area contributed by atoms with E-state index in [4.69, 9.17) is 0 Å². The molecule has 1 aromatic heterocycles. The van der Waals surface area contributed by atoms with E-state index in [0.717, 1.165) is 29.2 Å². The Balaban J connectivity index is 1.85. The van der Waals surface area contributed by atoms with E-state index in [9.17, 15) is 18.0 Å². The van der Waals surface area contributed by atoms with Crippen molar-refractivity contribution in [2.24, 2.45) is 7.05 Å². The summed E-state index contributed by atoms with van der Waals surface area (Å²) in [6.07, 6.45) is -2.82. The first-order chi connectivity index (χ1) is 11.7. The minimum absolute atomic E-state index is 0.0374. The van der Waals surface area contributed by atoms with E-state index in [0.29, 0.717) is 13.1 Å². The van der Waals surface area contributed by atoms with Gasteiger partial charge in [-0.15, -0.1) is 0 Å². The number of rotatable bonds is 2. The zero-order valence-electron chi connectivity index (χ0n) is 14.2. The molecule has 1 saturated heterocycles. The van der Waals surface area contributed by atoms with E-state index < -0.39 is 17.8 Å². The molecule has 25 heavy (non-hydrogen) atoms. The highest BCUT2D eigenvalue weighted by Gasteiger charge is 2.38. The van der Waals surface area contributed by atoms with Gasteiger partial charge in [0.2, 0.25) is 0 Å². The summed E-state index contributed by atoms with van der Waals surface area (Å²) >= 11 is 0. The van der Waals surface area contributed by atoms with Crippen LogP contribution in [0, 0.1) is 0 Å². The fraction of sp³-hybridized carbons (Fsp3) is 0.444. The lowest BCUT2D eigenvalue weighted by molar-refractivity contribution is -0.141. The molecule has 0 radical (unpaired) electrons. The Hall–Kier alpha value is -2.31. The van der Waals surface area contributed by atoms with Gasteiger partial charge in [0, 0.05) is 31.6 Å². The van der Waals surface area contributed by atoms with Crippen LogP contribution in [0.25, 0.3) is 0 Å². The van der Waals surface area contributed by atoms with Gasteiger partial charge in [-0.1, -0.05) is 37.3 Å². The van der Waals surface area contributed by atoms with Gasteiger partial charge in [-0.3, -0.25) is 9.48 Å². The number of piperidine rings is 1. The number of hydrogen-bond donors (Lipinski definition) is 0. The van der Waals surface area contributed by atoms with Gasteiger partial charge in [0.15, 0.2) is 5.69 Å². The van der Waals surface area contributed by atoms with E-state index >= 15 is 0 Å². The monoisotopic (exact) mass is 351 g/mol. The minimum Gasteiger partial charge on any atom is -0.336 e. The fourth-order valence-electron chi connectivity index (χ4n) is 3.46. The molecule has 0 N–H and O–H groups in total. The molecule has 4 nitrogen and oxygen atoms in total. The number of benzene rings is 1. The van der Waals surface area contributed by atoms with Crippen molar-refractivity contribution < 1.29 is 18.0 Å². The maximum atomic E-state index is 12.8. The molecule has 2 aromatic rings. The summed E-state index contributed by atoms with van der Waals surface area (Å²) in [7, 11) is 1.36. The number of nitrogens with zero attached hydrogens (tertiary/aromatic N) is 3. The lowest BCUT2D eigenvalue weighted by Gasteiger charge is -2.41. The minimum atomic E-state index is -4.56. The van der Waals surface area contributed by atoms with Gasteiger partial charge in [0.1, 0.15) is 5.69 Å². The van der Waals surface area contributed by atoms with Crippen molar-refractivity contribution in [2.45, 2.75) is 31.4 Å². The Morgan fingerprint density at radius 2 is 1.92 bits per heavy atom. The van der Waals surface area contributed by atoms with Crippen LogP contribution in [0.5, 0.6) is 0 Å². The smallest absolute Gasteiger partial charge is 0.336 e. The third-order valence-electron chi connectivity index (χ3n) is 4.84. The summed E-state index contributed by atoms with van der Waals surface area (Å²) in [6.45, 7) is 3.10. The molecule has 1 aliphatic rings. The largest absolute Gasteiger partial charge is 0.435 e. The Morgan fingerprint density at radius 3 is 2.52 bits per heavy atom. The maximum Gasteiger partial charge on any atom is 0.435 e. The van der Waals surface area contributed by atoms with Crippen molar-refractivity contribution in [3.05, 3.63) is 53.3 Å². The van der Waals surface area contributed by atoms with Gasteiger partial charge in [-0.2, -0.15) is 18.3 Å². The topological polar surface area (TPSA) is 38.1 Å². The third kappa shape index (κ3) is 3.41. The van der Waals surface area contributed by atoms with Gasteiger partial charge >= 0.3 is 6.18 Å². The molecule has 0 saturated carbocycles. The second-order valence-corrected chi connectivity index (χ2v) is 6.79. The number of aryl methyl sites for hydroxylation is 1. The Bertz CT molecular complexity index is 770. The highest BCUT2D eigenvalue weighted by atomic mass is 19.4. The first-order valence-corrected chi connectivity index (χ1v) is 8.17. The molecular weight excluding hydrogens is 331 g/mol. The fourth-order valence-corrected chi connectivity index (χ4v) is 3.46. The third-order valence-corrected chi connectivity index (χ3v) is 4.84. The van der Waals surface area contributed by atoms with E-state index in [1.807, 2.05) is 30.3 Å². The van der Waals surface area contributed by atoms with Crippen LogP contribution in [0.1, 0.15) is 41.5 Å². The van der Waals surface area contributed by atoms with Crippen molar-refractivity contribution in [2.75, 3.05) is 13.1 Å². The van der Waals surface area contributed by atoms with Crippen LogP contribution in [-0.2, 0) is 18.6 Å². The molecule has 1 aliphatic heterocycles. The highest BCUT2D eigenvalue weighted by molar-refractivity contribution is 5.93. The second kappa shape index (κ2) is 6.20. The van der Waals surface area contributed by atoms with Gasteiger partial charge in [0.05, 0.1) is 0 Å². The number of amides is 1. The van der Waals surface area contributed by atoms with Crippen LogP contribution in [-0.4, -0.2) is 33.7 Å².